The van der Waals surface area contributed by atoms with Gasteiger partial charge in [-0.3, -0.25) is 0 Å². The van der Waals surface area contributed by atoms with Crippen LogP contribution in [0, 0.1) is 12.7 Å². The van der Waals surface area contributed by atoms with Crippen LogP contribution in [0.2, 0.25) is 0 Å². The van der Waals surface area contributed by atoms with Crippen LogP contribution in [0.25, 0.3) is 0 Å². The Morgan fingerprint density at radius 1 is 1.35 bits per heavy atom. The quantitative estimate of drug-likeness (QED) is 0.860. The standard InChI is InChI=1S/C15H20FNO3/c1-10-5-11(7-12(16)6-10)15(19)8-17(9-15)13(18)20-14(2,3)4/h5-7,19H,8-9H2,1-4H3. The molecule has 1 fully saturated rings. The van der Waals surface area contributed by atoms with Gasteiger partial charge < -0.3 is 14.7 Å². The molecule has 1 N–H and O–H groups in total. The lowest BCUT2D eigenvalue weighted by Gasteiger charge is -2.46. The first-order chi connectivity index (χ1) is 9.09. The topological polar surface area (TPSA) is 49.8 Å². The van der Waals surface area contributed by atoms with Crippen molar-refractivity contribution in [3.05, 3.63) is 35.1 Å². The van der Waals surface area contributed by atoms with E-state index in [1.54, 1.807) is 33.8 Å². The molecular formula is C15H20FNO3. The number of rotatable bonds is 1. The number of nitrogens with zero attached hydrogens (tertiary/aromatic N) is 1. The molecule has 5 heteroatoms. The molecule has 0 saturated carbocycles. The predicted molar refractivity (Wildman–Crippen MR) is 72.8 cm³/mol. The Morgan fingerprint density at radius 2 is 1.95 bits per heavy atom. The van der Waals surface area contributed by atoms with Crippen molar-refractivity contribution in [2.45, 2.75) is 38.9 Å². The molecule has 1 aromatic carbocycles. The van der Waals surface area contributed by atoms with Crippen LogP contribution < -0.4 is 0 Å². The molecule has 110 valence electrons. The Hall–Kier alpha value is -1.62. The first kappa shape index (κ1) is 14.8. The largest absolute Gasteiger partial charge is 0.444 e. The number of carbonyl (C=O) groups is 1. The van der Waals surface area contributed by atoms with Gasteiger partial charge in [0.25, 0.3) is 0 Å². The van der Waals surface area contributed by atoms with E-state index in [0.29, 0.717) is 5.56 Å². The number of hydrogen-bond acceptors (Lipinski definition) is 3. The summed E-state index contributed by atoms with van der Waals surface area (Å²) in [5, 5.41) is 10.4. The molecule has 1 aliphatic heterocycles. The van der Waals surface area contributed by atoms with E-state index in [4.69, 9.17) is 4.74 Å². The molecule has 0 unspecified atom stereocenters. The van der Waals surface area contributed by atoms with Crippen LogP contribution >= 0.6 is 0 Å². The van der Waals surface area contributed by atoms with E-state index in [0.717, 1.165) is 5.56 Å². The van der Waals surface area contributed by atoms with E-state index in [2.05, 4.69) is 0 Å². The third-order valence-corrected chi connectivity index (χ3v) is 3.14. The average molecular weight is 281 g/mol. The Bertz CT molecular complexity index is 510. The van der Waals surface area contributed by atoms with E-state index in [9.17, 15) is 14.3 Å². The van der Waals surface area contributed by atoms with Crippen LogP contribution in [-0.2, 0) is 10.3 Å². The summed E-state index contributed by atoms with van der Waals surface area (Å²) in [6.45, 7) is 7.35. The predicted octanol–water partition coefficient (Wildman–Crippen LogP) is 2.57. The summed E-state index contributed by atoms with van der Waals surface area (Å²) in [4.78, 5) is 13.2. The van der Waals surface area contributed by atoms with E-state index in [1.165, 1.54) is 17.0 Å². The second-order valence-electron chi connectivity index (χ2n) is 6.39. The number of likely N-dealkylation sites (tertiary alicyclic amines) is 1. The van der Waals surface area contributed by atoms with Gasteiger partial charge in [0.05, 0.1) is 13.1 Å². The van der Waals surface area contributed by atoms with E-state index < -0.39 is 17.3 Å². The number of aliphatic hydroxyl groups is 1. The summed E-state index contributed by atoms with van der Waals surface area (Å²) in [6.07, 6.45) is -0.463. The first-order valence-electron chi connectivity index (χ1n) is 6.57. The molecule has 4 nitrogen and oxygen atoms in total. The molecule has 2 rings (SSSR count). The lowest BCUT2D eigenvalue weighted by atomic mass is 9.85. The summed E-state index contributed by atoms with van der Waals surface area (Å²) in [5.41, 5.74) is -0.525. The molecular weight excluding hydrogens is 261 g/mol. The Morgan fingerprint density at radius 3 is 2.45 bits per heavy atom. The number of halogens is 1. The van der Waals surface area contributed by atoms with Gasteiger partial charge in [0, 0.05) is 0 Å². The molecule has 0 aromatic heterocycles. The summed E-state index contributed by atoms with van der Waals surface area (Å²) < 4.78 is 18.6. The zero-order chi connectivity index (χ0) is 15.1. The molecule has 0 aliphatic carbocycles. The first-order valence-corrected chi connectivity index (χ1v) is 6.57. The van der Waals surface area contributed by atoms with Gasteiger partial charge in [0.1, 0.15) is 17.0 Å². The summed E-state index contributed by atoms with van der Waals surface area (Å²) in [7, 11) is 0. The van der Waals surface area contributed by atoms with Crippen LogP contribution in [0.15, 0.2) is 18.2 Å². The highest BCUT2D eigenvalue weighted by molar-refractivity contribution is 5.70. The van der Waals surface area contributed by atoms with E-state index in [-0.39, 0.29) is 18.9 Å². The van der Waals surface area contributed by atoms with Crippen molar-refractivity contribution >= 4 is 6.09 Å². The highest BCUT2D eigenvalue weighted by atomic mass is 19.1. The van der Waals surface area contributed by atoms with Crippen LogP contribution in [0.5, 0.6) is 0 Å². The van der Waals surface area contributed by atoms with Gasteiger partial charge in [-0.05, 0) is 51.0 Å². The number of β-amino-alcohol motifs (C(OH)–C–C–N with tert-alkyl or cyclic N) is 1. The highest BCUT2D eigenvalue weighted by Crippen LogP contribution is 2.33. The lowest BCUT2D eigenvalue weighted by molar-refractivity contribution is -0.103. The van der Waals surface area contributed by atoms with Crippen molar-refractivity contribution in [2.75, 3.05) is 13.1 Å². The van der Waals surface area contributed by atoms with Crippen molar-refractivity contribution < 1.29 is 19.0 Å². The fourth-order valence-corrected chi connectivity index (χ4v) is 2.23. The van der Waals surface area contributed by atoms with E-state index in [1.807, 2.05) is 0 Å². The van der Waals surface area contributed by atoms with Crippen molar-refractivity contribution in [3.63, 3.8) is 0 Å². The van der Waals surface area contributed by atoms with Gasteiger partial charge in [0.15, 0.2) is 0 Å². The number of amides is 1. The molecule has 1 aliphatic rings. The number of benzene rings is 1. The molecule has 1 saturated heterocycles. The number of ether oxygens (including phenoxy) is 1. The zero-order valence-electron chi connectivity index (χ0n) is 12.2. The number of hydrogen-bond donors (Lipinski definition) is 1. The van der Waals surface area contributed by atoms with Gasteiger partial charge in [-0.25, -0.2) is 9.18 Å². The fourth-order valence-electron chi connectivity index (χ4n) is 2.23. The Balaban J connectivity index is 2.05. The average Bonchev–Trinajstić information content (AvgIpc) is 2.20. The maximum atomic E-state index is 13.4. The maximum absolute atomic E-state index is 13.4. The molecule has 0 radical (unpaired) electrons. The van der Waals surface area contributed by atoms with E-state index >= 15 is 0 Å². The van der Waals surface area contributed by atoms with Gasteiger partial charge in [-0.1, -0.05) is 6.07 Å². The van der Waals surface area contributed by atoms with Gasteiger partial charge in [-0.15, -0.1) is 0 Å². The zero-order valence-corrected chi connectivity index (χ0v) is 12.2. The van der Waals surface area contributed by atoms with Crippen LogP contribution in [0.3, 0.4) is 0 Å². The lowest BCUT2D eigenvalue weighted by Crippen LogP contribution is -2.62. The van der Waals surface area contributed by atoms with Crippen LogP contribution in [0.1, 0.15) is 31.9 Å². The second kappa shape index (κ2) is 4.74. The van der Waals surface area contributed by atoms with Gasteiger partial charge in [-0.2, -0.15) is 0 Å². The third kappa shape index (κ3) is 3.10. The van der Waals surface area contributed by atoms with Crippen LogP contribution in [0.4, 0.5) is 9.18 Å². The SMILES string of the molecule is Cc1cc(F)cc(C2(O)CN(C(=O)OC(C)(C)C)C2)c1. The molecule has 1 amide bonds. The monoisotopic (exact) mass is 281 g/mol. The van der Waals surface area contributed by atoms with Crippen molar-refractivity contribution in [1.29, 1.82) is 0 Å². The Kier molecular flexibility index (Phi) is 3.50. The molecule has 20 heavy (non-hydrogen) atoms. The minimum atomic E-state index is -1.19. The minimum absolute atomic E-state index is 0.116. The van der Waals surface area contributed by atoms with Crippen molar-refractivity contribution in [3.8, 4) is 0 Å². The number of aryl methyl sites for hydroxylation is 1. The summed E-state index contributed by atoms with van der Waals surface area (Å²) in [6, 6.07) is 4.44. The van der Waals surface area contributed by atoms with Gasteiger partial charge >= 0.3 is 6.09 Å². The summed E-state index contributed by atoms with van der Waals surface area (Å²) >= 11 is 0. The van der Waals surface area contributed by atoms with Crippen molar-refractivity contribution in [1.82, 2.24) is 4.90 Å². The van der Waals surface area contributed by atoms with Crippen LogP contribution in [-0.4, -0.2) is 34.8 Å². The summed E-state index contributed by atoms with van der Waals surface area (Å²) in [5.74, 6) is -0.385. The molecule has 1 aromatic rings. The van der Waals surface area contributed by atoms with Gasteiger partial charge in [0.2, 0.25) is 0 Å². The highest BCUT2D eigenvalue weighted by Gasteiger charge is 2.46. The molecule has 1 heterocycles. The maximum Gasteiger partial charge on any atom is 0.410 e. The smallest absolute Gasteiger partial charge is 0.410 e. The second-order valence-corrected chi connectivity index (χ2v) is 6.39. The normalized spacial score (nSPS) is 17.6. The molecule has 0 bridgehead atoms. The van der Waals surface area contributed by atoms with Crippen molar-refractivity contribution in [2.24, 2.45) is 0 Å². The minimum Gasteiger partial charge on any atom is -0.444 e. The molecule has 0 atom stereocenters. The molecule has 0 spiro atoms. The third-order valence-electron chi connectivity index (χ3n) is 3.14. The Labute approximate surface area is 118 Å². The fraction of sp³-hybridized carbons (Fsp3) is 0.533. The number of carbonyl (C=O) groups excluding carboxylic acids is 1.